The molecule has 1 aromatic heterocycles. The fourth-order valence-corrected chi connectivity index (χ4v) is 3.31. The Morgan fingerprint density at radius 3 is 2.64 bits per heavy atom. The maximum Gasteiger partial charge on any atom is 0.416 e. The van der Waals surface area contributed by atoms with Gasteiger partial charge in [-0.15, -0.1) is 0 Å². The van der Waals surface area contributed by atoms with Crippen LogP contribution in [0.1, 0.15) is 17.2 Å². The molecule has 1 fully saturated rings. The number of nitrogens with two attached hydrogens (primary N) is 2. The molecule has 0 amide bonds. The minimum Gasteiger partial charge on any atom is -0.383 e. The van der Waals surface area contributed by atoms with E-state index in [1.165, 1.54) is 6.07 Å². The number of anilines is 3. The fourth-order valence-electron chi connectivity index (χ4n) is 2.79. The number of hydrogen-bond acceptors (Lipinski definition) is 6. The number of nitrogen functional groups attached to an aromatic ring is 2. The smallest absolute Gasteiger partial charge is 0.383 e. The Kier molecular flexibility index (Phi) is 4.74. The molecule has 6 nitrogen and oxygen atoms in total. The Labute approximate surface area is 150 Å². The second kappa shape index (κ2) is 6.68. The standard InChI is InChI=1S/C15H16BrF3N6/c16-10-2-1-8(15(17,18)19)5-9(10)11-7-25(4-3-22-11)13-6-12(20)23-14(21)24-13/h1-2,5-6,11,22H,3-4,7H2,(H4,20,21,23,24)/t11-/m1/s1. The second-order valence-electron chi connectivity index (χ2n) is 5.70. The van der Waals surface area contributed by atoms with Crippen LogP contribution in [0, 0.1) is 0 Å². The average Bonchev–Trinajstić information content (AvgIpc) is 2.53. The highest BCUT2D eigenvalue weighted by atomic mass is 79.9. The van der Waals surface area contributed by atoms with Gasteiger partial charge >= 0.3 is 6.18 Å². The summed E-state index contributed by atoms with van der Waals surface area (Å²) in [5.74, 6) is 0.864. The number of hydrogen-bond donors (Lipinski definition) is 3. The van der Waals surface area contributed by atoms with E-state index in [0.29, 0.717) is 35.5 Å². The van der Waals surface area contributed by atoms with Crippen molar-refractivity contribution in [1.29, 1.82) is 0 Å². The van der Waals surface area contributed by atoms with Crippen LogP contribution in [-0.2, 0) is 6.18 Å². The number of aromatic nitrogens is 2. The van der Waals surface area contributed by atoms with Crippen LogP contribution in [0.3, 0.4) is 0 Å². The topological polar surface area (TPSA) is 93.1 Å². The highest BCUT2D eigenvalue weighted by molar-refractivity contribution is 9.10. The van der Waals surface area contributed by atoms with Crippen LogP contribution in [0.15, 0.2) is 28.7 Å². The van der Waals surface area contributed by atoms with Crippen molar-refractivity contribution in [2.75, 3.05) is 36.0 Å². The first kappa shape index (κ1) is 17.7. The van der Waals surface area contributed by atoms with E-state index in [1.54, 1.807) is 6.07 Å². The van der Waals surface area contributed by atoms with E-state index in [1.807, 2.05) is 4.90 Å². The molecule has 5 N–H and O–H groups in total. The van der Waals surface area contributed by atoms with Crippen molar-refractivity contribution >= 4 is 33.5 Å². The minimum atomic E-state index is -4.39. The van der Waals surface area contributed by atoms with Crippen molar-refractivity contribution < 1.29 is 13.2 Å². The Bertz CT molecular complexity index is 762. The molecule has 1 aliphatic heterocycles. The molecule has 2 aromatic rings. The molecule has 0 spiro atoms. The van der Waals surface area contributed by atoms with Gasteiger partial charge in [0.1, 0.15) is 11.6 Å². The Morgan fingerprint density at radius 1 is 1.20 bits per heavy atom. The predicted molar refractivity (Wildman–Crippen MR) is 93.0 cm³/mol. The SMILES string of the molecule is Nc1cc(N2CCN[C@@H](c3cc(C(F)(F)F)ccc3Br)C2)nc(N)n1. The molecule has 2 heterocycles. The van der Waals surface area contributed by atoms with Crippen molar-refractivity contribution in [3.8, 4) is 0 Å². The van der Waals surface area contributed by atoms with Gasteiger partial charge in [-0.1, -0.05) is 15.9 Å². The van der Waals surface area contributed by atoms with Gasteiger partial charge in [-0.3, -0.25) is 0 Å². The third-order valence-corrected chi connectivity index (χ3v) is 4.67. The molecule has 1 aliphatic rings. The zero-order valence-electron chi connectivity index (χ0n) is 13.0. The van der Waals surface area contributed by atoms with E-state index in [4.69, 9.17) is 11.5 Å². The van der Waals surface area contributed by atoms with Crippen molar-refractivity contribution in [2.45, 2.75) is 12.2 Å². The van der Waals surface area contributed by atoms with Crippen molar-refractivity contribution in [2.24, 2.45) is 0 Å². The molecule has 10 heteroatoms. The predicted octanol–water partition coefficient (Wildman–Crippen LogP) is 2.57. The number of nitrogens with zero attached hydrogens (tertiary/aromatic N) is 3. The number of rotatable bonds is 2. The Morgan fingerprint density at radius 2 is 1.96 bits per heavy atom. The lowest BCUT2D eigenvalue weighted by molar-refractivity contribution is -0.137. The van der Waals surface area contributed by atoms with Crippen LogP contribution in [0.4, 0.5) is 30.8 Å². The van der Waals surface area contributed by atoms with Crippen LogP contribution in [0.2, 0.25) is 0 Å². The maximum atomic E-state index is 13.0. The number of nitrogens with one attached hydrogen (secondary N) is 1. The summed E-state index contributed by atoms with van der Waals surface area (Å²) in [5, 5.41) is 3.24. The summed E-state index contributed by atoms with van der Waals surface area (Å²) in [6.07, 6.45) is -4.39. The van der Waals surface area contributed by atoms with Gasteiger partial charge in [0.05, 0.1) is 11.6 Å². The molecule has 0 aliphatic carbocycles. The van der Waals surface area contributed by atoms with Crippen LogP contribution < -0.4 is 21.7 Å². The van der Waals surface area contributed by atoms with Crippen LogP contribution >= 0.6 is 15.9 Å². The zero-order chi connectivity index (χ0) is 18.2. The lowest BCUT2D eigenvalue weighted by Crippen LogP contribution is -2.46. The highest BCUT2D eigenvalue weighted by Crippen LogP contribution is 2.35. The fraction of sp³-hybridized carbons (Fsp3) is 0.333. The van der Waals surface area contributed by atoms with E-state index in [2.05, 4.69) is 31.2 Å². The number of alkyl halides is 3. The van der Waals surface area contributed by atoms with E-state index < -0.39 is 11.7 Å². The monoisotopic (exact) mass is 416 g/mol. The number of piperazine rings is 1. The van der Waals surface area contributed by atoms with Gasteiger partial charge in [-0.2, -0.15) is 23.1 Å². The van der Waals surface area contributed by atoms with Gasteiger partial charge in [0, 0.05) is 30.2 Å². The molecule has 0 bridgehead atoms. The lowest BCUT2D eigenvalue weighted by Gasteiger charge is -2.35. The van der Waals surface area contributed by atoms with Crippen molar-refractivity contribution in [1.82, 2.24) is 15.3 Å². The summed E-state index contributed by atoms with van der Waals surface area (Å²) < 4.78 is 39.6. The molecule has 3 rings (SSSR count). The average molecular weight is 417 g/mol. The summed E-state index contributed by atoms with van der Waals surface area (Å²) in [4.78, 5) is 9.91. The first-order chi connectivity index (χ1) is 11.7. The maximum absolute atomic E-state index is 13.0. The summed E-state index contributed by atoms with van der Waals surface area (Å²) in [6, 6.07) is 4.93. The van der Waals surface area contributed by atoms with Crippen molar-refractivity contribution in [3.63, 3.8) is 0 Å². The van der Waals surface area contributed by atoms with Gasteiger partial charge in [0.2, 0.25) is 5.95 Å². The van der Waals surface area contributed by atoms with Crippen molar-refractivity contribution in [3.05, 3.63) is 39.9 Å². The summed E-state index contributed by atoms with van der Waals surface area (Å²) in [6.45, 7) is 1.63. The summed E-state index contributed by atoms with van der Waals surface area (Å²) in [5.41, 5.74) is 11.2. The Balaban J connectivity index is 1.89. The second-order valence-corrected chi connectivity index (χ2v) is 6.55. The number of halogens is 4. The molecular formula is C15H16BrF3N6. The van der Waals surface area contributed by atoms with Gasteiger partial charge in [-0.05, 0) is 23.8 Å². The highest BCUT2D eigenvalue weighted by Gasteiger charge is 2.32. The largest absolute Gasteiger partial charge is 0.416 e. The van der Waals surface area contributed by atoms with E-state index in [0.717, 1.165) is 12.1 Å². The van der Waals surface area contributed by atoms with E-state index >= 15 is 0 Å². The van der Waals surface area contributed by atoms with Gasteiger partial charge in [-0.25, -0.2) is 0 Å². The third-order valence-electron chi connectivity index (χ3n) is 3.95. The molecule has 134 valence electrons. The summed E-state index contributed by atoms with van der Waals surface area (Å²) >= 11 is 3.34. The molecule has 1 aromatic carbocycles. The molecule has 25 heavy (non-hydrogen) atoms. The zero-order valence-corrected chi connectivity index (χ0v) is 14.6. The van der Waals surface area contributed by atoms with Gasteiger partial charge in [0.15, 0.2) is 0 Å². The molecule has 1 atom stereocenters. The molecule has 1 saturated heterocycles. The van der Waals surface area contributed by atoms with Crippen LogP contribution in [-0.4, -0.2) is 29.6 Å². The first-order valence-corrected chi connectivity index (χ1v) is 8.28. The minimum absolute atomic E-state index is 0.0605. The van der Waals surface area contributed by atoms with E-state index in [-0.39, 0.29) is 17.8 Å². The first-order valence-electron chi connectivity index (χ1n) is 7.49. The molecule has 0 unspecified atom stereocenters. The quantitative estimate of drug-likeness (QED) is 0.696. The van der Waals surface area contributed by atoms with Gasteiger partial charge in [0.25, 0.3) is 0 Å². The molecule has 0 saturated carbocycles. The molecule has 0 radical (unpaired) electrons. The molecular weight excluding hydrogens is 401 g/mol. The van der Waals surface area contributed by atoms with Crippen LogP contribution in [0.5, 0.6) is 0 Å². The Hall–Kier alpha value is -2.07. The third kappa shape index (κ3) is 3.96. The number of benzene rings is 1. The van der Waals surface area contributed by atoms with E-state index in [9.17, 15) is 13.2 Å². The van der Waals surface area contributed by atoms with Crippen LogP contribution in [0.25, 0.3) is 0 Å². The summed E-state index contributed by atoms with van der Waals surface area (Å²) in [7, 11) is 0. The lowest BCUT2D eigenvalue weighted by atomic mass is 10.0. The normalized spacial score (nSPS) is 18.4. The van der Waals surface area contributed by atoms with Gasteiger partial charge < -0.3 is 21.7 Å².